The van der Waals surface area contributed by atoms with Gasteiger partial charge in [0.15, 0.2) is 11.7 Å². The Morgan fingerprint density at radius 3 is 2.63 bits per heavy atom. The van der Waals surface area contributed by atoms with E-state index in [0.717, 1.165) is 0 Å². The Labute approximate surface area is 157 Å². The number of carbonyl (C=O) groups is 3. The predicted molar refractivity (Wildman–Crippen MR) is 91.2 cm³/mol. The SMILES string of the molecule is CCCC(=O)O[C@H]1CC(OC(C)=O)C2C[C@@H](O)C(C)=C2C2OC(=O)CC21O. The number of esters is 3. The van der Waals surface area contributed by atoms with Crippen molar-refractivity contribution in [3.05, 3.63) is 11.1 Å². The fourth-order valence-corrected chi connectivity index (χ4v) is 4.49. The minimum Gasteiger partial charge on any atom is -0.462 e. The number of carbonyl (C=O) groups excluding carboxylic acids is 3. The Kier molecular flexibility index (Phi) is 5.31. The number of aliphatic hydroxyl groups excluding tert-OH is 1. The smallest absolute Gasteiger partial charge is 0.309 e. The molecule has 4 unspecified atom stereocenters. The van der Waals surface area contributed by atoms with E-state index >= 15 is 0 Å². The number of hydrogen-bond acceptors (Lipinski definition) is 8. The molecule has 1 aliphatic heterocycles. The molecule has 8 nitrogen and oxygen atoms in total. The molecule has 0 bridgehead atoms. The van der Waals surface area contributed by atoms with Crippen LogP contribution in [0, 0.1) is 5.92 Å². The van der Waals surface area contributed by atoms with E-state index in [1.54, 1.807) is 6.92 Å². The van der Waals surface area contributed by atoms with Crippen LogP contribution in [0.1, 0.15) is 52.9 Å². The number of hydrogen-bond donors (Lipinski definition) is 2. The van der Waals surface area contributed by atoms with Crippen molar-refractivity contribution >= 4 is 17.9 Å². The van der Waals surface area contributed by atoms with Crippen molar-refractivity contribution in [2.75, 3.05) is 0 Å². The van der Waals surface area contributed by atoms with E-state index in [2.05, 4.69) is 0 Å². The lowest BCUT2D eigenvalue weighted by Gasteiger charge is -2.33. The number of fused-ring (bicyclic) bond motifs is 3. The van der Waals surface area contributed by atoms with Gasteiger partial charge >= 0.3 is 17.9 Å². The fourth-order valence-electron chi connectivity index (χ4n) is 4.49. The van der Waals surface area contributed by atoms with Crippen molar-refractivity contribution in [1.82, 2.24) is 0 Å². The molecule has 3 rings (SSSR count). The van der Waals surface area contributed by atoms with Crippen LogP contribution in [0.3, 0.4) is 0 Å². The average molecular weight is 382 g/mol. The van der Waals surface area contributed by atoms with E-state index in [-0.39, 0.29) is 19.3 Å². The monoisotopic (exact) mass is 382 g/mol. The van der Waals surface area contributed by atoms with E-state index in [1.165, 1.54) is 6.92 Å². The third kappa shape index (κ3) is 3.48. The minimum absolute atomic E-state index is 0.0346. The molecule has 6 atom stereocenters. The second kappa shape index (κ2) is 7.24. The van der Waals surface area contributed by atoms with Gasteiger partial charge in [-0.15, -0.1) is 0 Å². The molecule has 1 saturated carbocycles. The summed E-state index contributed by atoms with van der Waals surface area (Å²) in [5.41, 5.74) is -0.596. The van der Waals surface area contributed by atoms with Gasteiger partial charge in [0, 0.05) is 25.7 Å². The van der Waals surface area contributed by atoms with Crippen LogP contribution in [0.25, 0.3) is 0 Å². The van der Waals surface area contributed by atoms with Gasteiger partial charge in [-0.2, -0.15) is 0 Å². The van der Waals surface area contributed by atoms with Crippen LogP contribution >= 0.6 is 0 Å². The zero-order chi connectivity index (χ0) is 19.9. The lowest BCUT2D eigenvalue weighted by atomic mass is 9.84. The van der Waals surface area contributed by atoms with Crippen LogP contribution in [-0.4, -0.2) is 58.1 Å². The molecule has 0 aromatic carbocycles. The molecule has 1 saturated heterocycles. The van der Waals surface area contributed by atoms with Crippen LogP contribution < -0.4 is 0 Å². The molecule has 1 heterocycles. The predicted octanol–water partition coefficient (Wildman–Crippen LogP) is 0.778. The van der Waals surface area contributed by atoms with Crippen LogP contribution in [0.5, 0.6) is 0 Å². The molecular weight excluding hydrogens is 356 g/mol. The number of ether oxygens (including phenoxy) is 3. The quantitative estimate of drug-likeness (QED) is 0.416. The van der Waals surface area contributed by atoms with Gasteiger partial charge in [0.05, 0.1) is 12.5 Å². The summed E-state index contributed by atoms with van der Waals surface area (Å²) in [7, 11) is 0. The molecule has 2 N–H and O–H groups in total. The van der Waals surface area contributed by atoms with Crippen LogP contribution in [0.15, 0.2) is 11.1 Å². The Hall–Kier alpha value is -1.93. The van der Waals surface area contributed by atoms with Gasteiger partial charge in [-0.3, -0.25) is 14.4 Å². The van der Waals surface area contributed by atoms with E-state index < -0.39 is 53.8 Å². The lowest BCUT2D eigenvalue weighted by molar-refractivity contribution is -0.174. The third-order valence-electron chi connectivity index (χ3n) is 5.74. The summed E-state index contributed by atoms with van der Waals surface area (Å²) in [5.74, 6) is -2.01. The molecule has 0 amide bonds. The second-order valence-corrected chi connectivity index (χ2v) is 7.65. The van der Waals surface area contributed by atoms with Gasteiger partial charge in [-0.25, -0.2) is 0 Å². The molecule has 3 aliphatic rings. The van der Waals surface area contributed by atoms with E-state index in [4.69, 9.17) is 14.2 Å². The summed E-state index contributed by atoms with van der Waals surface area (Å²) >= 11 is 0. The van der Waals surface area contributed by atoms with Crippen molar-refractivity contribution < 1.29 is 38.8 Å². The maximum absolute atomic E-state index is 12.1. The average Bonchev–Trinajstić information content (AvgIpc) is 3.00. The first-order valence-electron chi connectivity index (χ1n) is 9.34. The van der Waals surface area contributed by atoms with Crippen molar-refractivity contribution in [2.24, 2.45) is 5.92 Å². The summed E-state index contributed by atoms with van der Waals surface area (Å²) < 4.78 is 16.4. The zero-order valence-electron chi connectivity index (χ0n) is 15.8. The third-order valence-corrected chi connectivity index (χ3v) is 5.74. The largest absolute Gasteiger partial charge is 0.462 e. The molecule has 2 fully saturated rings. The number of aliphatic hydroxyl groups is 2. The molecular formula is C19H26O8. The van der Waals surface area contributed by atoms with Gasteiger partial charge in [0.25, 0.3) is 0 Å². The highest BCUT2D eigenvalue weighted by Crippen LogP contribution is 2.50. The molecule has 0 aromatic heterocycles. The maximum Gasteiger partial charge on any atom is 0.309 e. The highest BCUT2D eigenvalue weighted by atomic mass is 16.6. The Balaban J connectivity index is 2.04. The summed E-state index contributed by atoms with van der Waals surface area (Å²) in [6.45, 7) is 4.82. The van der Waals surface area contributed by atoms with Crippen molar-refractivity contribution in [2.45, 2.75) is 82.9 Å². The number of rotatable bonds is 4. The van der Waals surface area contributed by atoms with Crippen LogP contribution in [0.2, 0.25) is 0 Å². The van der Waals surface area contributed by atoms with Gasteiger partial charge in [-0.05, 0) is 30.9 Å². The van der Waals surface area contributed by atoms with E-state index in [1.807, 2.05) is 6.92 Å². The van der Waals surface area contributed by atoms with Gasteiger partial charge in [-0.1, -0.05) is 6.92 Å². The minimum atomic E-state index is -1.76. The summed E-state index contributed by atoms with van der Waals surface area (Å²) in [5, 5.41) is 21.7. The highest BCUT2D eigenvalue weighted by molar-refractivity contribution is 5.76. The van der Waals surface area contributed by atoms with Gasteiger partial charge in [0.1, 0.15) is 12.2 Å². The van der Waals surface area contributed by atoms with Crippen LogP contribution in [-0.2, 0) is 28.6 Å². The first kappa shape index (κ1) is 19.8. The normalized spacial score (nSPS) is 38.0. The molecule has 8 heteroatoms. The molecule has 150 valence electrons. The Morgan fingerprint density at radius 2 is 2.00 bits per heavy atom. The maximum atomic E-state index is 12.1. The van der Waals surface area contributed by atoms with E-state index in [0.29, 0.717) is 24.0 Å². The molecule has 2 aliphatic carbocycles. The van der Waals surface area contributed by atoms with Crippen molar-refractivity contribution in [3.63, 3.8) is 0 Å². The van der Waals surface area contributed by atoms with Gasteiger partial charge < -0.3 is 24.4 Å². The van der Waals surface area contributed by atoms with Crippen molar-refractivity contribution in [1.29, 1.82) is 0 Å². The highest BCUT2D eigenvalue weighted by Gasteiger charge is 2.62. The zero-order valence-corrected chi connectivity index (χ0v) is 15.8. The summed E-state index contributed by atoms with van der Waals surface area (Å²) in [4.78, 5) is 35.8. The molecule has 0 aromatic rings. The Morgan fingerprint density at radius 1 is 1.30 bits per heavy atom. The Bertz CT molecular complexity index is 683. The molecule has 0 radical (unpaired) electrons. The lowest BCUT2D eigenvalue weighted by Crippen LogP contribution is -2.51. The first-order chi connectivity index (χ1) is 12.7. The molecule has 0 spiro atoms. The standard InChI is InChI=1S/C19H26O8/c1-4-5-15(22)26-14-7-13(25-10(3)20)11-6-12(21)9(2)17(11)18-19(14,24)8-16(23)27-18/h11-14,18,21,24H,4-8H2,1-3H3/t11?,12-,13?,14+,18?,19?/m1/s1. The first-order valence-corrected chi connectivity index (χ1v) is 9.34. The topological polar surface area (TPSA) is 119 Å². The second-order valence-electron chi connectivity index (χ2n) is 7.65. The van der Waals surface area contributed by atoms with Gasteiger partial charge in [0.2, 0.25) is 0 Å². The van der Waals surface area contributed by atoms with Crippen molar-refractivity contribution in [3.8, 4) is 0 Å². The van der Waals surface area contributed by atoms with Crippen LogP contribution in [0.4, 0.5) is 0 Å². The summed E-state index contributed by atoms with van der Waals surface area (Å²) in [6.07, 6.45) is -2.81. The van der Waals surface area contributed by atoms with E-state index in [9.17, 15) is 24.6 Å². The summed E-state index contributed by atoms with van der Waals surface area (Å²) in [6, 6.07) is 0. The molecule has 27 heavy (non-hydrogen) atoms. The fraction of sp³-hybridized carbons (Fsp3) is 0.737.